The predicted octanol–water partition coefficient (Wildman–Crippen LogP) is 3.76. The average Bonchev–Trinajstić information content (AvgIpc) is 2.85. The Morgan fingerprint density at radius 1 is 1.56 bits per heavy atom. The lowest BCUT2D eigenvalue weighted by Gasteiger charge is -1.98. The van der Waals surface area contributed by atoms with Gasteiger partial charge in [0.15, 0.2) is 5.13 Å². The molecule has 4 nitrogen and oxygen atoms in total. The summed E-state index contributed by atoms with van der Waals surface area (Å²) in [6.07, 6.45) is 0. The van der Waals surface area contributed by atoms with E-state index in [1.165, 1.54) is 29.8 Å². The minimum absolute atomic E-state index is 0.0000509. The molecule has 0 aromatic carbocycles. The Kier molecular flexibility index (Phi) is 4.58. The molecule has 1 N–H and O–H groups in total. The van der Waals surface area contributed by atoms with Crippen LogP contribution < -0.4 is 5.32 Å². The highest BCUT2D eigenvalue weighted by Crippen LogP contribution is 2.38. The zero-order chi connectivity index (χ0) is 13.1. The van der Waals surface area contributed by atoms with E-state index in [0.717, 1.165) is 5.56 Å². The van der Waals surface area contributed by atoms with Crippen LogP contribution in [-0.2, 0) is 9.53 Å². The Morgan fingerprint density at radius 3 is 2.94 bits per heavy atom. The summed E-state index contributed by atoms with van der Waals surface area (Å²) in [4.78, 5) is 15.6. The predicted molar refractivity (Wildman–Crippen MR) is 76.0 cm³/mol. The summed E-state index contributed by atoms with van der Waals surface area (Å²) >= 11 is 14.5. The number of ether oxygens (including phenoxy) is 1. The van der Waals surface area contributed by atoms with E-state index in [9.17, 15) is 4.79 Å². The van der Waals surface area contributed by atoms with Crippen LogP contribution in [0.5, 0.6) is 0 Å². The second kappa shape index (κ2) is 5.99. The zero-order valence-corrected chi connectivity index (χ0v) is 12.3. The van der Waals surface area contributed by atoms with Gasteiger partial charge >= 0.3 is 0 Å². The lowest BCUT2D eigenvalue weighted by molar-refractivity contribution is -0.119. The molecule has 2 aromatic heterocycles. The van der Waals surface area contributed by atoms with Crippen molar-refractivity contribution < 1.29 is 9.53 Å². The van der Waals surface area contributed by atoms with Gasteiger partial charge in [-0.15, -0.1) is 22.7 Å². The summed E-state index contributed by atoms with van der Waals surface area (Å²) in [5.74, 6) is -0.243. The minimum Gasteiger partial charge on any atom is -0.375 e. The molecule has 2 aromatic rings. The van der Waals surface area contributed by atoms with Crippen molar-refractivity contribution in [2.75, 3.05) is 19.0 Å². The number of anilines is 1. The largest absolute Gasteiger partial charge is 0.375 e. The summed E-state index contributed by atoms with van der Waals surface area (Å²) in [7, 11) is 1.46. The van der Waals surface area contributed by atoms with Gasteiger partial charge in [-0.05, 0) is 6.07 Å². The molecular weight excluding hydrogens is 315 g/mol. The normalized spacial score (nSPS) is 10.6. The first-order valence-electron chi connectivity index (χ1n) is 4.79. The summed E-state index contributed by atoms with van der Waals surface area (Å²) in [5.41, 5.74) is 1.47. The summed E-state index contributed by atoms with van der Waals surface area (Å²) < 4.78 is 5.91. The molecule has 0 saturated carbocycles. The van der Waals surface area contributed by atoms with E-state index in [1.807, 2.05) is 5.38 Å². The maximum atomic E-state index is 11.3. The Morgan fingerprint density at radius 2 is 2.33 bits per heavy atom. The van der Waals surface area contributed by atoms with Crippen molar-refractivity contribution in [1.82, 2.24) is 4.98 Å². The maximum Gasteiger partial charge on any atom is 0.252 e. The highest BCUT2D eigenvalue weighted by Gasteiger charge is 2.13. The van der Waals surface area contributed by atoms with E-state index < -0.39 is 0 Å². The fourth-order valence-electron chi connectivity index (χ4n) is 1.26. The fraction of sp³-hybridized carbons (Fsp3) is 0.200. The van der Waals surface area contributed by atoms with Gasteiger partial charge in [0.1, 0.15) is 10.9 Å². The van der Waals surface area contributed by atoms with Crippen LogP contribution in [0, 0.1) is 0 Å². The number of carbonyl (C=O) groups excluding carboxylic acids is 1. The smallest absolute Gasteiger partial charge is 0.252 e. The first kappa shape index (κ1) is 13.8. The van der Waals surface area contributed by atoms with Gasteiger partial charge in [0, 0.05) is 18.1 Å². The van der Waals surface area contributed by atoms with Gasteiger partial charge in [-0.3, -0.25) is 10.1 Å². The summed E-state index contributed by atoms with van der Waals surface area (Å²) in [6, 6.07) is 1.75. The van der Waals surface area contributed by atoms with Gasteiger partial charge in [0.2, 0.25) is 0 Å². The Labute approximate surface area is 122 Å². The number of nitrogens with zero attached hydrogens (tertiary/aromatic N) is 1. The van der Waals surface area contributed by atoms with Crippen LogP contribution in [0.15, 0.2) is 11.4 Å². The summed E-state index contributed by atoms with van der Waals surface area (Å²) in [5, 5.41) is 4.95. The van der Waals surface area contributed by atoms with Crippen molar-refractivity contribution in [3.8, 4) is 11.3 Å². The standard InChI is InChI=1S/C10H8Cl2N2O2S2/c1-16-3-8(15)14-10-13-6(4-17-10)5-2-7(11)18-9(5)12/h2,4H,3H2,1H3,(H,13,14,15). The zero-order valence-electron chi connectivity index (χ0n) is 9.20. The molecule has 18 heavy (non-hydrogen) atoms. The van der Waals surface area contributed by atoms with Gasteiger partial charge in [0.25, 0.3) is 5.91 Å². The van der Waals surface area contributed by atoms with Crippen molar-refractivity contribution in [2.24, 2.45) is 0 Å². The van der Waals surface area contributed by atoms with Crippen molar-refractivity contribution in [3.63, 3.8) is 0 Å². The van der Waals surface area contributed by atoms with Crippen molar-refractivity contribution in [2.45, 2.75) is 0 Å². The van der Waals surface area contributed by atoms with Crippen LogP contribution in [-0.4, -0.2) is 24.6 Å². The highest BCUT2D eigenvalue weighted by atomic mass is 35.5. The van der Waals surface area contributed by atoms with Crippen molar-refractivity contribution in [3.05, 3.63) is 20.1 Å². The first-order valence-corrected chi connectivity index (χ1v) is 7.25. The fourth-order valence-corrected chi connectivity index (χ4v) is 3.46. The van der Waals surface area contributed by atoms with E-state index in [0.29, 0.717) is 19.5 Å². The van der Waals surface area contributed by atoms with Crippen LogP contribution in [0.2, 0.25) is 8.67 Å². The third-order valence-corrected chi connectivity index (χ3v) is 4.20. The molecule has 0 saturated heterocycles. The van der Waals surface area contributed by atoms with E-state index >= 15 is 0 Å². The molecule has 0 bridgehead atoms. The first-order chi connectivity index (χ1) is 8.60. The molecule has 0 aliphatic carbocycles. The SMILES string of the molecule is COCC(=O)Nc1nc(-c2cc(Cl)sc2Cl)cs1. The number of methoxy groups -OCH3 is 1. The minimum atomic E-state index is -0.243. The molecule has 0 atom stereocenters. The molecule has 2 heterocycles. The van der Waals surface area contributed by atoms with Gasteiger partial charge in [-0.1, -0.05) is 23.2 Å². The molecule has 0 aliphatic heterocycles. The topological polar surface area (TPSA) is 51.2 Å². The molecule has 96 valence electrons. The highest BCUT2D eigenvalue weighted by molar-refractivity contribution is 7.20. The van der Waals surface area contributed by atoms with Gasteiger partial charge < -0.3 is 4.74 Å². The monoisotopic (exact) mass is 322 g/mol. The second-order valence-corrected chi connectivity index (χ2v) is 6.40. The van der Waals surface area contributed by atoms with Crippen molar-refractivity contribution in [1.29, 1.82) is 0 Å². The molecule has 8 heteroatoms. The molecule has 0 fully saturated rings. The number of carbonyl (C=O) groups is 1. The van der Waals surface area contributed by atoms with Gasteiger partial charge in [-0.25, -0.2) is 4.98 Å². The maximum absolute atomic E-state index is 11.3. The van der Waals surface area contributed by atoms with Crippen LogP contribution >= 0.6 is 45.9 Å². The number of rotatable bonds is 4. The molecule has 0 spiro atoms. The molecule has 2 rings (SSSR count). The number of hydrogen-bond acceptors (Lipinski definition) is 5. The Bertz CT molecular complexity index is 568. The lowest BCUT2D eigenvalue weighted by Crippen LogP contribution is -2.16. The van der Waals surface area contributed by atoms with Crippen molar-refractivity contribution >= 4 is 56.9 Å². The molecule has 1 amide bonds. The Hall–Kier alpha value is -0.660. The molecule has 0 unspecified atom stereocenters. The third-order valence-electron chi connectivity index (χ3n) is 1.96. The van der Waals surface area contributed by atoms with Gasteiger partial charge in [-0.2, -0.15) is 0 Å². The number of thiazole rings is 1. The molecular formula is C10H8Cl2N2O2S2. The van der Waals surface area contributed by atoms with E-state index in [2.05, 4.69) is 10.3 Å². The summed E-state index contributed by atoms with van der Waals surface area (Å²) in [6.45, 7) is -0.0000509. The number of thiophene rings is 1. The number of nitrogens with one attached hydrogen (secondary N) is 1. The van der Waals surface area contributed by atoms with Crippen LogP contribution in [0.3, 0.4) is 0 Å². The average molecular weight is 323 g/mol. The van der Waals surface area contributed by atoms with E-state index in [1.54, 1.807) is 6.07 Å². The van der Waals surface area contributed by atoms with E-state index in [-0.39, 0.29) is 12.5 Å². The van der Waals surface area contributed by atoms with Crippen LogP contribution in [0.1, 0.15) is 0 Å². The van der Waals surface area contributed by atoms with E-state index in [4.69, 9.17) is 27.9 Å². The number of aromatic nitrogens is 1. The number of amides is 1. The third kappa shape index (κ3) is 3.21. The number of hydrogen-bond donors (Lipinski definition) is 1. The number of halogens is 2. The van der Waals surface area contributed by atoms with Crippen LogP contribution in [0.4, 0.5) is 5.13 Å². The van der Waals surface area contributed by atoms with Crippen LogP contribution in [0.25, 0.3) is 11.3 Å². The molecule has 0 aliphatic rings. The lowest BCUT2D eigenvalue weighted by atomic mass is 10.3. The quantitative estimate of drug-likeness (QED) is 0.932. The Balaban J connectivity index is 2.15. The molecule has 0 radical (unpaired) electrons. The van der Waals surface area contributed by atoms with Gasteiger partial charge in [0.05, 0.1) is 10.0 Å². The second-order valence-electron chi connectivity index (χ2n) is 3.26.